The van der Waals surface area contributed by atoms with Crippen LogP contribution in [0.3, 0.4) is 0 Å². The van der Waals surface area contributed by atoms with Crippen molar-refractivity contribution in [3.8, 4) is 0 Å². The number of rotatable bonds is 5. The lowest BCUT2D eigenvalue weighted by Gasteiger charge is -2.44. The maximum atomic E-state index is 2.82. The molecule has 0 spiro atoms. The minimum atomic E-state index is 0.731. The average molecular weight is 336 g/mol. The summed E-state index contributed by atoms with van der Waals surface area (Å²) < 4.78 is 0. The highest BCUT2D eigenvalue weighted by molar-refractivity contribution is 4.90. The van der Waals surface area contributed by atoms with Crippen LogP contribution < -0.4 is 0 Å². The van der Waals surface area contributed by atoms with E-state index < -0.39 is 0 Å². The number of likely N-dealkylation sites (tertiary alicyclic amines) is 1. The largest absolute Gasteiger partial charge is 0.302 e. The lowest BCUT2D eigenvalue weighted by atomic mass is 9.73. The van der Waals surface area contributed by atoms with Crippen molar-refractivity contribution in [3.05, 3.63) is 0 Å². The van der Waals surface area contributed by atoms with Crippen LogP contribution in [0.15, 0.2) is 0 Å². The van der Waals surface area contributed by atoms with Gasteiger partial charge in [-0.1, -0.05) is 13.8 Å². The second-order valence-corrected chi connectivity index (χ2v) is 9.39. The van der Waals surface area contributed by atoms with E-state index in [1.165, 1.54) is 77.9 Å². The minimum absolute atomic E-state index is 0.731. The van der Waals surface area contributed by atoms with Gasteiger partial charge < -0.3 is 9.80 Å². The molecule has 3 heteroatoms. The first kappa shape index (κ1) is 18.7. The highest BCUT2D eigenvalue weighted by atomic mass is 15.2. The van der Waals surface area contributed by atoms with Gasteiger partial charge >= 0.3 is 0 Å². The highest BCUT2D eigenvalue weighted by Crippen LogP contribution is 2.37. The zero-order chi connectivity index (χ0) is 17.1. The topological polar surface area (TPSA) is 9.72 Å². The summed E-state index contributed by atoms with van der Waals surface area (Å²) in [5.74, 6) is 2.84. The van der Waals surface area contributed by atoms with Crippen LogP contribution in [0.25, 0.3) is 0 Å². The Bertz CT molecular complexity index is 367. The minimum Gasteiger partial charge on any atom is -0.302 e. The van der Waals surface area contributed by atoms with E-state index in [2.05, 4.69) is 42.4 Å². The first-order valence-electron chi connectivity index (χ1n) is 10.7. The fourth-order valence-electron chi connectivity index (χ4n) is 5.03. The van der Waals surface area contributed by atoms with E-state index in [0.717, 1.165) is 29.8 Å². The van der Waals surface area contributed by atoms with E-state index in [1.54, 1.807) is 0 Å². The average Bonchev–Trinajstić information content (AvgIpc) is 2.72. The van der Waals surface area contributed by atoms with Gasteiger partial charge in [0.05, 0.1) is 0 Å². The molecule has 0 aromatic carbocycles. The van der Waals surface area contributed by atoms with Crippen LogP contribution in [0, 0.1) is 17.8 Å². The second kappa shape index (κ2) is 8.51. The van der Waals surface area contributed by atoms with Crippen molar-refractivity contribution in [2.45, 2.75) is 71.9 Å². The quantitative estimate of drug-likeness (QED) is 0.761. The monoisotopic (exact) mass is 335 g/mol. The molecule has 3 rings (SSSR count). The molecule has 0 amide bonds. The maximum absolute atomic E-state index is 2.82. The lowest BCUT2D eigenvalue weighted by Crippen LogP contribution is -2.47. The molecular weight excluding hydrogens is 294 g/mol. The van der Waals surface area contributed by atoms with Gasteiger partial charge in [0.1, 0.15) is 0 Å². The summed E-state index contributed by atoms with van der Waals surface area (Å²) in [5, 5.41) is 0. The molecule has 0 atom stereocenters. The van der Waals surface area contributed by atoms with Crippen molar-refractivity contribution in [1.29, 1.82) is 0 Å². The first-order valence-corrected chi connectivity index (χ1v) is 10.7. The number of piperidine rings is 1. The molecule has 0 bridgehead atoms. The van der Waals surface area contributed by atoms with Crippen LogP contribution >= 0.6 is 0 Å². The van der Waals surface area contributed by atoms with E-state index >= 15 is 0 Å². The lowest BCUT2D eigenvalue weighted by molar-refractivity contribution is 0.0570. The predicted molar refractivity (Wildman–Crippen MR) is 103 cm³/mol. The first-order chi connectivity index (χ1) is 11.5. The summed E-state index contributed by atoms with van der Waals surface area (Å²) in [5.41, 5.74) is 0. The van der Waals surface area contributed by atoms with Gasteiger partial charge in [0.2, 0.25) is 0 Å². The van der Waals surface area contributed by atoms with Crippen LogP contribution in [-0.2, 0) is 0 Å². The molecule has 0 aromatic heterocycles. The van der Waals surface area contributed by atoms with E-state index in [1.807, 2.05) is 0 Å². The number of hydrogen-bond donors (Lipinski definition) is 0. The molecule has 24 heavy (non-hydrogen) atoms. The van der Waals surface area contributed by atoms with E-state index in [9.17, 15) is 0 Å². The van der Waals surface area contributed by atoms with Crippen LogP contribution in [0.2, 0.25) is 0 Å². The summed E-state index contributed by atoms with van der Waals surface area (Å²) >= 11 is 0. The molecule has 3 nitrogen and oxygen atoms in total. The molecule has 3 fully saturated rings. The van der Waals surface area contributed by atoms with Crippen molar-refractivity contribution in [2.75, 3.05) is 45.8 Å². The maximum Gasteiger partial charge on any atom is 0.0112 e. The molecule has 1 aliphatic carbocycles. The van der Waals surface area contributed by atoms with Crippen molar-refractivity contribution in [3.63, 3.8) is 0 Å². The van der Waals surface area contributed by atoms with Gasteiger partial charge in [-0.2, -0.15) is 0 Å². The SMILES string of the molecule is CC(C)C1CC(N2CCCN(CC3CCN(C(C)C)CC3)CC2)C1. The van der Waals surface area contributed by atoms with Crippen molar-refractivity contribution >= 4 is 0 Å². The molecule has 0 aromatic rings. The third-order valence-corrected chi connectivity index (χ3v) is 7.13. The van der Waals surface area contributed by atoms with Crippen LogP contribution in [0.4, 0.5) is 0 Å². The second-order valence-electron chi connectivity index (χ2n) is 9.39. The van der Waals surface area contributed by atoms with Gasteiger partial charge in [-0.25, -0.2) is 0 Å². The fourth-order valence-corrected chi connectivity index (χ4v) is 5.03. The molecule has 1 saturated carbocycles. The summed E-state index contributed by atoms with van der Waals surface area (Å²) in [6.07, 6.45) is 7.14. The normalized spacial score (nSPS) is 32.2. The number of hydrogen-bond acceptors (Lipinski definition) is 3. The van der Waals surface area contributed by atoms with Gasteiger partial charge in [-0.15, -0.1) is 0 Å². The summed E-state index contributed by atoms with van der Waals surface area (Å²) in [6.45, 7) is 18.8. The van der Waals surface area contributed by atoms with E-state index in [0.29, 0.717) is 0 Å². The van der Waals surface area contributed by atoms with Crippen molar-refractivity contribution < 1.29 is 0 Å². The Labute approximate surface area is 150 Å². The molecule has 0 N–H and O–H groups in total. The fraction of sp³-hybridized carbons (Fsp3) is 1.00. The summed E-state index contributed by atoms with van der Waals surface area (Å²) in [6, 6.07) is 1.64. The standard InChI is InChI=1S/C21H41N3/c1-17(2)20-14-21(15-20)24-9-5-8-22(12-13-24)16-19-6-10-23(11-7-19)18(3)4/h17-21H,5-16H2,1-4H3. The van der Waals surface area contributed by atoms with Gasteiger partial charge in [0, 0.05) is 31.7 Å². The molecule has 2 saturated heterocycles. The Morgan fingerprint density at radius 2 is 1.54 bits per heavy atom. The summed E-state index contributed by atoms with van der Waals surface area (Å²) in [7, 11) is 0. The van der Waals surface area contributed by atoms with E-state index in [-0.39, 0.29) is 0 Å². The van der Waals surface area contributed by atoms with Crippen LogP contribution in [0.5, 0.6) is 0 Å². The highest BCUT2D eigenvalue weighted by Gasteiger charge is 2.35. The zero-order valence-corrected chi connectivity index (χ0v) is 16.7. The Kier molecular flexibility index (Phi) is 6.62. The molecule has 3 aliphatic rings. The van der Waals surface area contributed by atoms with Gasteiger partial charge in [0.25, 0.3) is 0 Å². The third kappa shape index (κ3) is 4.74. The van der Waals surface area contributed by atoms with Gasteiger partial charge in [-0.05, 0) is 89.9 Å². The van der Waals surface area contributed by atoms with Gasteiger partial charge in [0.15, 0.2) is 0 Å². The van der Waals surface area contributed by atoms with E-state index in [4.69, 9.17) is 0 Å². The summed E-state index contributed by atoms with van der Waals surface area (Å²) in [4.78, 5) is 8.26. The molecule has 2 heterocycles. The van der Waals surface area contributed by atoms with Crippen LogP contribution in [-0.4, -0.2) is 72.6 Å². The molecular formula is C21H41N3. The molecule has 0 radical (unpaired) electrons. The van der Waals surface area contributed by atoms with Crippen LogP contribution in [0.1, 0.15) is 59.8 Å². The Morgan fingerprint density at radius 1 is 0.833 bits per heavy atom. The van der Waals surface area contributed by atoms with Gasteiger partial charge in [-0.3, -0.25) is 4.90 Å². The predicted octanol–water partition coefficient (Wildman–Crippen LogP) is 3.55. The smallest absolute Gasteiger partial charge is 0.0112 e. The molecule has 0 unspecified atom stereocenters. The Balaban J connectivity index is 1.37. The third-order valence-electron chi connectivity index (χ3n) is 7.13. The molecule has 2 aliphatic heterocycles. The number of nitrogens with zero attached hydrogens (tertiary/aromatic N) is 3. The zero-order valence-electron chi connectivity index (χ0n) is 16.7. The van der Waals surface area contributed by atoms with Crippen molar-refractivity contribution in [2.24, 2.45) is 17.8 Å². The Morgan fingerprint density at radius 3 is 2.17 bits per heavy atom. The molecule has 140 valence electrons. The Hall–Kier alpha value is -0.120. The van der Waals surface area contributed by atoms with Crippen molar-refractivity contribution in [1.82, 2.24) is 14.7 Å².